The minimum absolute atomic E-state index is 0.391. The third-order valence-electron chi connectivity index (χ3n) is 6.43. The lowest BCUT2D eigenvalue weighted by Gasteiger charge is -2.30. The third-order valence-corrected chi connectivity index (χ3v) is 7.37. The van der Waals surface area contributed by atoms with Crippen molar-refractivity contribution in [2.45, 2.75) is 38.5 Å². The monoisotopic (exact) mass is 611 g/mol. The highest BCUT2D eigenvalue weighted by Gasteiger charge is 2.20. The standard InChI is InChI=1S/C27H30IN7O2/c28-23-13-4-3-12-22(23)24(36)37-21-11-9-10-20(18-21)19-29-33-25-30-26(34-14-5-1-6-15-34)32-27(31-25)35-16-7-2-8-17-35/h3-4,9-13,18-19H,1-2,5-8,14-17H2,(H,30,31,32,33)/b29-19-. The molecular weight excluding hydrogens is 581 g/mol. The Kier molecular flexibility index (Phi) is 8.44. The van der Waals surface area contributed by atoms with E-state index in [0.717, 1.165) is 61.0 Å². The maximum absolute atomic E-state index is 12.6. The molecule has 1 N–H and O–H groups in total. The Morgan fingerprint density at radius 3 is 2.16 bits per heavy atom. The Labute approximate surface area is 230 Å². The van der Waals surface area contributed by atoms with Gasteiger partial charge >= 0.3 is 5.97 Å². The van der Waals surface area contributed by atoms with Crippen LogP contribution in [0.25, 0.3) is 0 Å². The van der Waals surface area contributed by atoms with Gasteiger partial charge in [0.05, 0.1) is 11.8 Å². The van der Waals surface area contributed by atoms with Gasteiger partial charge in [-0.2, -0.15) is 20.1 Å². The zero-order valence-corrected chi connectivity index (χ0v) is 22.8. The summed E-state index contributed by atoms with van der Waals surface area (Å²) in [4.78, 5) is 31.2. The second-order valence-electron chi connectivity index (χ2n) is 9.17. The van der Waals surface area contributed by atoms with E-state index in [1.165, 1.54) is 12.8 Å². The molecule has 0 atom stereocenters. The number of hydrogen-bond donors (Lipinski definition) is 1. The lowest BCUT2D eigenvalue weighted by Crippen LogP contribution is -2.34. The van der Waals surface area contributed by atoms with E-state index in [4.69, 9.17) is 9.72 Å². The fourth-order valence-corrected chi connectivity index (χ4v) is 5.09. The van der Waals surface area contributed by atoms with Gasteiger partial charge in [-0.15, -0.1) is 0 Å². The Morgan fingerprint density at radius 2 is 1.51 bits per heavy atom. The summed E-state index contributed by atoms with van der Waals surface area (Å²) in [6.07, 6.45) is 8.75. The molecule has 5 rings (SSSR count). The molecule has 3 heterocycles. The maximum atomic E-state index is 12.6. The second kappa shape index (κ2) is 12.3. The molecule has 0 aliphatic carbocycles. The molecule has 1 aromatic heterocycles. The third kappa shape index (κ3) is 6.73. The van der Waals surface area contributed by atoms with Gasteiger partial charge in [-0.3, -0.25) is 0 Å². The zero-order chi connectivity index (χ0) is 25.5. The molecule has 2 fully saturated rings. The van der Waals surface area contributed by atoms with Crippen molar-refractivity contribution < 1.29 is 9.53 Å². The summed E-state index contributed by atoms with van der Waals surface area (Å²) >= 11 is 2.13. The van der Waals surface area contributed by atoms with Gasteiger partial charge in [0.2, 0.25) is 17.8 Å². The number of nitrogens with one attached hydrogen (secondary N) is 1. The van der Waals surface area contributed by atoms with Crippen LogP contribution in [-0.4, -0.2) is 53.3 Å². The summed E-state index contributed by atoms with van der Waals surface area (Å²) < 4.78 is 6.43. The largest absolute Gasteiger partial charge is 0.423 e. The summed E-state index contributed by atoms with van der Waals surface area (Å²) in [5, 5.41) is 4.37. The number of rotatable bonds is 7. The predicted octanol–water partition coefficient (Wildman–Crippen LogP) is 5.12. The van der Waals surface area contributed by atoms with E-state index in [1.807, 2.05) is 30.3 Å². The molecule has 3 aromatic rings. The fourth-order valence-electron chi connectivity index (χ4n) is 4.49. The smallest absolute Gasteiger partial charge is 0.344 e. The number of hydrogen-bond acceptors (Lipinski definition) is 9. The van der Waals surface area contributed by atoms with Gasteiger partial charge in [0.15, 0.2) is 0 Å². The van der Waals surface area contributed by atoms with Crippen molar-refractivity contribution in [3.63, 3.8) is 0 Å². The minimum atomic E-state index is -0.391. The number of hydrazone groups is 1. The van der Waals surface area contributed by atoms with Crippen molar-refractivity contribution in [3.8, 4) is 5.75 Å². The molecular formula is C27H30IN7O2. The van der Waals surface area contributed by atoms with Crippen molar-refractivity contribution in [3.05, 3.63) is 63.2 Å². The first-order chi connectivity index (χ1) is 18.2. The number of esters is 1. The molecule has 0 unspecified atom stereocenters. The first-order valence-electron chi connectivity index (χ1n) is 12.8. The van der Waals surface area contributed by atoms with E-state index >= 15 is 0 Å². The quantitative estimate of drug-likeness (QED) is 0.129. The van der Waals surface area contributed by atoms with Crippen LogP contribution in [0.4, 0.5) is 17.8 Å². The molecule has 37 heavy (non-hydrogen) atoms. The minimum Gasteiger partial charge on any atom is -0.423 e. The van der Waals surface area contributed by atoms with E-state index in [0.29, 0.717) is 29.2 Å². The van der Waals surface area contributed by atoms with E-state index in [1.54, 1.807) is 24.4 Å². The second-order valence-corrected chi connectivity index (χ2v) is 10.3. The highest BCUT2D eigenvalue weighted by molar-refractivity contribution is 14.1. The number of piperidine rings is 2. The molecule has 0 bridgehead atoms. The van der Waals surface area contributed by atoms with E-state index in [2.05, 4.69) is 52.9 Å². The zero-order valence-electron chi connectivity index (χ0n) is 20.6. The summed E-state index contributed by atoms with van der Waals surface area (Å²) in [6, 6.07) is 14.6. The van der Waals surface area contributed by atoms with Crippen LogP contribution in [0.15, 0.2) is 53.6 Å². The Hall–Kier alpha value is -3.28. The molecule has 2 aliphatic rings. The molecule has 0 saturated carbocycles. The van der Waals surface area contributed by atoms with Crippen molar-refractivity contribution in [1.82, 2.24) is 15.0 Å². The number of carbonyl (C=O) groups is 1. The van der Waals surface area contributed by atoms with Gasteiger partial charge in [-0.05, 0) is 90.9 Å². The summed E-state index contributed by atoms with van der Waals surface area (Å²) in [6.45, 7) is 3.83. The average Bonchev–Trinajstić information content (AvgIpc) is 2.94. The van der Waals surface area contributed by atoms with Gasteiger partial charge in [-0.1, -0.05) is 24.3 Å². The number of carbonyl (C=O) groups excluding carboxylic acids is 1. The number of anilines is 3. The Balaban J connectivity index is 1.30. The summed E-state index contributed by atoms with van der Waals surface area (Å²) in [5.74, 6) is 1.90. The molecule has 2 saturated heterocycles. The van der Waals surface area contributed by atoms with Gasteiger partial charge in [0, 0.05) is 29.7 Å². The predicted molar refractivity (Wildman–Crippen MR) is 154 cm³/mol. The van der Waals surface area contributed by atoms with E-state index in [9.17, 15) is 4.79 Å². The lowest BCUT2D eigenvalue weighted by atomic mass is 10.1. The molecule has 2 aliphatic heterocycles. The topological polar surface area (TPSA) is 95.8 Å². The van der Waals surface area contributed by atoms with Crippen molar-refractivity contribution in [2.24, 2.45) is 5.10 Å². The molecule has 2 aromatic carbocycles. The van der Waals surface area contributed by atoms with Crippen LogP contribution in [0.1, 0.15) is 54.4 Å². The maximum Gasteiger partial charge on any atom is 0.344 e. The normalized spacial score (nSPS) is 16.1. The number of nitrogens with zero attached hydrogens (tertiary/aromatic N) is 6. The number of benzene rings is 2. The van der Waals surface area contributed by atoms with Crippen molar-refractivity contribution in [2.75, 3.05) is 41.4 Å². The van der Waals surface area contributed by atoms with Crippen molar-refractivity contribution >= 4 is 52.6 Å². The van der Waals surface area contributed by atoms with Gasteiger partial charge in [-0.25, -0.2) is 10.2 Å². The molecule has 192 valence electrons. The van der Waals surface area contributed by atoms with E-state index in [-0.39, 0.29) is 0 Å². The summed E-state index contributed by atoms with van der Waals surface area (Å²) in [7, 11) is 0. The first kappa shape index (κ1) is 25.4. The van der Waals surface area contributed by atoms with Crippen LogP contribution in [0.2, 0.25) is 0 Å². The van der Waals surface area contributed by atoms with Crippen LogP contribution in [0.3, 0.4) is 0 Å². The van der Waals surface area contributed by atoms with Crippen LogP contribution in [0, 0.1) is 3.57 Å². The van der Waals surface area contributed by atoms with Crippen LogP contribution in [-0.2, 0) is 0 Å². The van der Waals surface area contributed by atoms with Crippen LogP contribution < -0.4 is 20.0 Å². The van der Waals surface area contributed by atoms with Gasteiger partial charge in [0.1, 0.15) is 5.75 Å². The average molecular weight is 611 g/mol. The van der Waals surface area contributed by atoms with Gasteiger partial charge in [0.25, 0.3) is 0 Å². The van der Waals surface area contributed by atoms with Crippen LogP contribution >= 0.6 is 22.6 Å². The number of halogens is 1. The Bertz CT molecular complexity index is 1220. The molecule has 10 heteroatoms. The Morgan fingerprint density at radius 1 is 0.865 bits per heavy atom. The molecule has 9 nitrogen and oxygen atoms in total. The first-order valence-corrected chi connectivity index (χ1v) is 13.9. The number of aromatic nitrogens is 3. The SMILES string of the molecule is O=C(Oc1cccc(/C=N\Nc2nc(N3CCCCC3)nc(N3CCCCC3)n2)c1)c1ccccc1I. The number of ether oxygens (including phenoxy) is 1. The molecule has 0 spiro atoms. The van der Waals surface area contributed by atoms with E-state index < -0.39 is 5.97 Å². The highest BCUT2D eigenvalue weighted by Crippen LogP contribution is 2.23. The molecule has 0 amide bonds. The summed E-state index contributed by atoms with van der Waals surface area (Å²) in [5.41, 5.74) is 4.31. The van der Waals surface area contributed by atoms with Crippen molar-refractivity contribution in [1.29, 1.82) is 0 Å². The highest BCUT2D eigenvalue weighted by atomic mass is 127. The fraction of sp³-hybridized carbons (Fsp3) is 0.370. The van der Waals surface area contributed by atoms with Gasteiger partial charge < -0.3 is 14.5 Å². The lowest BCUT2D eigenvalue weighted by molar-refractivity contribution is 0.0733. The van der Waals surface area contributed by atoms with Crippen LogP contribution in [0.5, 0.6) is 5.75 Å². The molecule has 0 radical (unpaired) electrons.